The van der Waals surface area contributed by atoms with Crippen molar-refractivity contribution in [1.82, 2.24) is 4.90 Å². The van der Waals surface area contributed by atoms with Crippen LogP contribution >= 0.6 is 0 Å². The molecule has 0 aromatic carbocycles. The Morgan fingerprint density at radius 3 is 2.23 bits per heavy atom. The number of nitrogens with zero attached hydrogens (tertiary/aromatic N) is 1. The summed E-state index contributed by atoms with van der Waals surface area (Å²) in [6.07, 6.45) is 14.9. The van der Waals surface area contributed by atoms with Crippen LogP contribution < -0.4 is 0 Å². The van der Waals surface area contributed by atoms with Gasteiger partial charge in [-0.3, -0.25) is 0 Å². The number of allylic oxidation sites excluding steroid dienone is 1. The summed E-state index contributed by atoms with van der Waals surface area (Å²) in [6.45, 7) is 2.59. The van der Waals surface area contributed by atoms with Crippen LogP contribution in [0.15, 0.2) is 12.3 Å². The van der Waals surface area contributed by atoms with Crippen LogP contribution in [0.3, 0.4) is 0 Å². The molecule has 1 saturated carbocycles. The average molecular weight is 179 g/mol. The van der Waals surface area contributed by atoms with Gasteiger partial charge in [0.05, 0.1) is 0 Å². The highest BCUT2D eigenvalue weighted by Crippen LogP contribution is 2.24. The van der Waals surface area contributed by atoms with E-state index in [1.165, 1.54) is 58.0 Å². The zero-order valence-corrected chi connectivity index (χ0v) is 8.54. The molecular formula is C12H21N. The number of rotatable bonds is 2. The van der Waals surface area contributed by atoms with Crippen molar-refractivity contribution < 1.29 is 0 Å². The van der Waals surface area contributed by atoms with E-state index in [0.29, 0.717) is 0 Å². The molecule has 0 aromatic rings. The van der Waals surface area contributed by atoms with Crippen molar-refractivity contribution in [3.8, 4) is 0 Å². The molecule has 1 nitrogen and oxygen atoms in total. The zero-order chi connectivity index (χ0) is 8.93. The second-order valence-corrected chi connectivity index (χ2v) is 4.48. The lowest BCUT2D eigenvalue weighted by atomic mass is 9.89. The Hall–Kier alpha value is -0.460. The molecular weight excluding hydrogens is 158 g/mol. The Bertz CT molecular complexity index is 162. The van der Waals surface area contributed by atoms with E-state index in [4.69, 9.17) is 0 Å². The molecule has 0 aromatic heterocycles. The van der Waals surface area contributed by atoms with Gasteiger partial charge >= 0.3 is 0 Å². The van der Waals surface area contributed by atoms with Gasteiger partial charge in [0.2, 0.25) is 0 Å². The van der Waals surface area contributed by atoms with E-state index in [-0.39, 0.29) is 0 Å². The molecule has 0 radical (unpaired) electrons. The number of hydrogen-bond acceptors (Lipinski definition) is 1. The van der Waals surface area contributed by atoms with Crippen molar-refractivity contribution >= 4 is 0 Å². The summed E-state index contributed by atoms with van der Waals surface area (Å²) < 4.78 is 0. The van der Waals surface area contributed by atoms with Crippen LogP contribution in [0.1, 0.15) is 44.9 Å². The van der Waals surface area contributed by atoms with Crippen LogP contribution in [-0.4, -0.2) is 18.0 Å². The number of likely N-dealkylation sites (tertiary alicyclic amines) is 1. The molecule has 1 saturated heterocycles. The topological polar surface area (TPSA) is 3.24 Å². The van der Waals surface area contributed by atoms with E-state index in [0.717, 1.165) is 5.92 Å². The van der Waals surface area contributed by atoms with Gasteiger partial charge in [-0.15, -0.1) is 0 Å². The van der Waals surface area contributed by atoms with E-state index in [1.54, 1.807) is 0 Å². The molecule has 1 aliphatic carbocycles. The van der Waals surface area contributed by atoms with Gasteiger partial charge in [0.1, 0.15) is 0 Å². The normalized spacial score (nSPS) is 26.0. The fourth-order valence-electron chi connectivity index (χ4n) is 2.46. The van der Waals surface area contributed by atoms with E-state index in [9.17, 15) is 0 Å². The SMILES string of the molecule is C(=C\N1CCCC1)/C1CCCCC1. The minimum Gasteiger partial charge on any atom is -0.378 e. The van der Waals surface area contributed by atoms with E-state index in [1.807, 2.05) is 0 Å². The third-order valence-electron chi connectivity index (χ3n) is 3.36. The Kier molecular flexibility index (Phi) is 3.28. The van der Waals surface area contributed by atoms with Crippen LogP contribution in [0, 0.1) is 5.92 Å². The Morgan fingerprint density at radius 1 is 0.846 bits per heavy atom. The predicted molar refractivity (Wildman–Crippen MR) is 56.5 cm³/mol. The third kappa shape index (κ3) is 2.75. The molecule has 0 bridgehead atoms. The second kappa shape index (κ2) is 4.69. The van der Waals surface area contributed by atoms with Crippen molar-refractivity contribution in [2.24, 2.45) is 5.92 Å². The van der Waals surface area contributed by atoms with Crippen LogP contribution in [0.2, 0.25) is 0 Å². The lowest BCUT2D eigenvalue weighted by Crippen LogP contribution is -2.12. The highest BCUT2D eigenvalue weighted by molar-refractivity contribution is 4.91. The molecule has 0 spiro atoms. The van der Waals surface area contributed by atoms with Gasteiger partial charge in [-0.25, -0.2) is 0 Å². The Morgan fingerprint density at radius 2 is 1.54 bits per heavy atom. The van der Waals surface area contributed by atoms with Gasteiger partial charge in [0, 0.05) is 13.1 Å². The van der Waals surface area contributed by atoms with Gasteiger partial charge < -0.3 is 4.90 Å². The van der Waals surface area contributed by atoms with Crippen LogP contribution in [0.5, 0.6) is 0 Å². The first-order valence-corrected chi connectivity index (χ1v) is 5.87. The van der Waals surface area contributed by atoms with Gasteiger partial charge in [-0.2, -0.15) is 0 Å². The van der Waals surface area contributed by atoms with Crippen LogP contribution in [0.4, 0.5) is 0 Å². The van der Waals surface area contributed by atoms with Crippen molar-refractivity contribution in [3.05, 3.63) is 12.3 Å². The van der Waals surface area contributed by atoms with Crippen molar-refractivity contribution in [2.75, 3.05) is 13.1 Å². The zero-order valence-electron chi connectivity index (χ0n) is 8.54. The summed E-state index contributed by atoms with van der Waals surface area (Å²) in [5.41, 5.74) is 0. The lowest BCUT2D eigenvalue weighted by molar-refractivity contribution is 0.406. The molecule has 0 atom stereocenters. The summed E-state index contributed by atoms with van der Waals surface area (Å²) in [7, 11) is 0. The van der Waals surface area contributed by atoms with Crippen LogP contribution in [0.25, 0.3) is 0 Å². The maximum atomic E-state index is 2.48. The Labute approximate surface area is 81.8 Å². The monoisotopic (exact) mass is 179 g/mol. The quantitative estimate of drug-likeness (QED) is 0.629. The van der Waals surface area contributed by atoms with Crippen molar-refractivity contribution in [2.45, 2.75) is 44.9 Å². The minimum absolute atomic E-state index is 0.898. The molecule has 0 amide bonds. The fourth-order valence-corrected chi connectivity index (χ4v) is 2.46. The fraction of sp³-hybridized carbons (Fsp3) is 0.833. The standard InChI is InChI=1S/C12H21N/c1-2-6-12(7-3-1)8-11-13-9-4-5-10-13/h8,11-12H,1-7,9-10H2/b11-8+. The summed E-state index contributed by atoms with van der Waals surface area (Å²) in [5, 5.41) is 0. The summed E-state index contributed by atoms with van der Waals surface area (Å²) >= 11 is 0. The van der Waals surface area contributed by atoms with Gasteiger partial charge in [0.25, 0.3) is 0 Å². The van der Waals surface area contributed by atoms with Crippen molar-refractivity contribution in [3.63, 3.8) is 0 Å². The third-order valence-corrected chi connectivity index (χ3v) is 3.36. The molecule has 2 aliphatic rings. The van der Waals surface area contributed by atoms with E-state index < -0.39 is 0 Å². The lowest BCUT2D eigenvalue weighted by Gasteiger charge is -2.19. The maximum Gasteiger partial charge on any atom is 0.0173 e. The molecule has 1 heterocycles. The summed E-state index contributed by atoms with van der Waals surface area (Å²) in [6, 6.07) is 0. The molecule has 1 aliphatic heterocycles. The maximum absolute atomic E-state index is 2.48. The molecule has 2 rings (SSSR count). The Balaban J connectivity index is 1.74. The first-order valence-electron chi connectivity index (χ1n) is 5.87. The van der Waals surface area contributed by atoms with Gasteiger partial charge in [-0.1, -0.05) is 25.3 Å². The smallest absolute Gasteiger partial charge is 0.0173 e. The largest absolute Gasteiger partial charge is 0.378 e. The van der Waals surface area contributed by atoms with Crippen molar-refractivity contribution in [1.29, 1.82) is 0 Å². The second-order valence-electron chi connectivity index (χ2n) is 4.48. The van der Waals surface area contributed by atoms with E-state index >= 15 is 0 Å². The first kappa shape index (κ1) is 9.11. The molecule has 13 heavy (non-hydrogen) atoms. The highest BCUT2D eigenvalue weighted by Gasteiger charge is 2.11. The molecule has 2 fully saturated rings. The van der Waals surface area contributed by atoms with Crippen LogP contribution in [-0.2, 0) is 0 Å². The molecule has 0 unspecified atom stereocenters. The van der Waals surface area contributed by atoms with E-state index in [2.05, 4.69) is 17.2 Å². The average Bonchev–Trinajstić information content (AvgIpc) is 2.69. The summed E-state index contributed by atoms with van der Waals surface area (Å²) in [4.78, 5) is 2.48. The molecule has 74 valence electrons. The minimum atomic E-state index is 0.898. The summed E-state index contributed by atoms with van der Waals surface area (Å²) in [5.74, 6) is 0.898. The molecule has 0 N–H and O–H groups in total. The highest BCUT2D eigenvalue weighted by atomic mass is 15.1. The van der Waals surface area contributed by atoms with Gasteiger partial charge in [-0.05, 0) is 37.8 Å². The number of hydrogen-bond donors (Lipinski definition) is 0. The predicted octanol–water partition coefficient (Wildman–Crippen LogP) is 3.18. The molecule has 1 heteroatoms. The first-order chi connectivity index (χ1) is 6.45. The van der Waals surface area contributed by atoms with Gasteiger partial charge in [0.15, 0.2) is 0 Å².